The third-order valence-electron chi connectivity index (χ3n) is 6.65. The van der Waals surface area contributed by atoms with E-state index in [2.05, 4.69) is 38.5 Å². The van der Waals surface area contributed by atoms with Gasteiger partial charge in [-0.2, -0.15) is 4.98 Å². The minimum Gasteiger partial charge on any atom is -0.495 e. The Morgan fingerprint density at radius 1 is 1.24 bits per heavy atom. The van der Waals surface area contributed by atoms with Crippen LogP contribution < -0.4 is 24.6 Å². The Kier molecular flexibility index (Phi) is 7.09. The number of pyridine rings is 1. The van der Waals surface area contributed by atoms with Crippen LogP contribution in [-0.2, 0) is 16.6 Å². The van der Waals surface area contributed by atoms with E-state index in [0.29, 0.717) is 24.4 Å². The van der Waals surface area contributed by atoms with Crippen LogP contribution in [0.2, 0.25) is 0 Å². The monoisotopic (exact) mass is 536 g/mol. The predicted molar refractivity (Wildman–Crippen MR) is 150 cm³/mol. The van der Waals surface area contributed by atoms with Crippen LogP contribution in [0.15, 0.2) is 55.0 Å². The van der Waals surface area contributed by atoms with Gasteiger partial charge in [-0.15, -0.1) is 0 Å². The molecule has 5 rings (SSSR count). The standard InChI is InChI=1S/C26H32N8O3S/c1-18-16-33(13-11-27-18)22-8-7-21(14-23(22)37-3)30-26-29-15-19-9-12-34(25(19)31-26)17-20-6-5-10-28-24(20)32(2)38(4,35)36/h5-10,12,14-15,18,27H,11,13,16-17H2,1-4H3,(H,29,30,31)/t18-/m0/s1. The van der Waals surface area contributed by atoms with Gasteiger partial charge < -0.3 is 24.8 Å². The Morgan fingerprint density at radius 3 is 2.84 bits per heavy atom. The summed E-state index contributed by atoms with van der Waals surface area (Å²) in [5, 5.41) is 7.63. The number of ether oxygens (including phenoxy) is 1. The maximum atomic E-state index is 12.1. The largest absolute Gasteiger partial charge is 0.495 e. The molecule has 11 nitrogen and oxygen atoms in total. The third-order valence-corrected chi connectivity index (χ3v) is 7.82. The summed E-state index contributed by atoms with van der Waals surface area (Å²) in [5.74, 6) is 1.62. The first-order valence-corrected chi connectivity index (χ1v) is 14.2. The first-order chi connectivity index (χ1) is 18.2. The molecule has 0 saturated carbocycles. The van der Waals surface area contributed by atoms with E-state index in [1.807, 2.05) is 35.0 Å². The Labute approximate surface area is 222 Å². The van der Waals surface area contributed by atoms with Gasteiger partial charge >= 0.3 is 0 Å². The number of hydrogen-bond donors (Lipinski definition) is 2. The number of nitrogens with one attached hydrogen (secondary N) is 2. The SMILES string of the molecule is COc1cc(Nc2ncc3ccn(Cc4cccnc4N(C)S(C)(=O)=O)c3n2)ccc1N1CCN[C@@H](C)C1. The smallest absolute Gasteiger partial charge is 0.233 e. The molecular formula is C26H32N8O3S. The van der Waals surface area contributed by atoms with Gasteiger partial charge in [-0.3, -0.25) is 4.31 Å². The predicted octanol–water partition coefficient (Wildman–Crippen LogP) is 2.82. The molecule has 1 aliphatic rings. The number of benzene rings is 1. The summed E-state index contributed by atoms with van der Waals surface area (Å²) in [6.07, 6.45) is 6.42. The number of sulfonamides is 1. The lowest BCUT2D eigenvalue weighted by Gasteiger charge is -2.34. The van der Waals surface area contributed by atoms with Gasteiger partial charge in [0, 0.05) is 74.0 Å². The second kappa shape index (κ2) is 10.5. The number of aromatic nitrogens is 4. The molecule has 200 valence electrons. The van der Waals surface area contributed by atoms with E-state index in [0.717, 1.165) is 59.6 Å². The zero-order chi connectivity index (χ0) is 26.9. The lowest BCUT2D eigenvalue weighted by Crippen LogP contribution is -2.49. The molecule has 0 aliphatic carbocycles. The fraction of sp³-hybridized carbons (Fsp3) is 0.346. The average molecular weight is 537 g/mol. The van der Waals surface area contributed by atoms with Gasteiger partial charge in [0.1, 0.15) is 17.2 Å². The summed E-state index contributed by atoms with van der Waals surface area (Å²) in [5.41, 5.74) is 3.35. The highest BCUT2D eigenvalue weighted by molar-refractivity contribution is 7.92. The lowest BCUT2D eigenvalue weighted by molar-refractivity contribution is 0.410. The molecule has 1 aromatic carbocycles. The molecule has 0 radical (unpaired) electrons. The summed E-state index contributed by atoms with van der Waals surface area (Å²) < 4.78 is 33.1. The van der Waals surface area contributed by atoms with Crippen LogP contribution in [0.5, 0.6) is 5.75 Å². The van der Waals surface area contributed by atoms with Gasteiger partial charge in [-0.05, 0) is 31.2 Å². The van der Waals surface area contributed by atoms with Gasteiger partial charge in [-0.25, -0.2) is 18.4 Å². The van der Waals surface area contributed by atoms with E-state index in [9.17, 15) is 8.42 Å². The van der Waals surface area contributed by atoms with E-state index in [1.165, 1.54) is 11.4 Å². The molecule has 1 aliphatic heterocycles. The molecule has 4 heterocycles. The van der Waals surface area contributed by atoms with Crippen molar-refractivity contribution >= 4 is 44.2 Å². The first-order valence-electron chi connectivity index (χ1n) is 12.4. The lowest BCUT2D eigenvalue weighted by atomic mass is 10.2. The Morgan fingerprint density at radius 2 is 2.08 bits per heavy atom. The summed E-state index contributed by atoms with van der Waals surface area (Å²) in [4.78, 5) is 15.9. The van der Waals surface area contributed by atoms with Crippen LogP contribution in [0.1, 0.15) is 12.5 Å². The topological polar surface area (TPSA) is 118 Å². The van der Waals surface area contributed by atoms with Crippen molar-refractivity contribution in [2.75, 3.05) is 54.6 Å². The number of anilines is 4. The molecule has 0 amide bonds. The molecule has 1 atom stereocenters. The van der Waals surface area contributed by atoms with Gasteiger partial charge in [0.05, 0.1) is 25.6 Å². The number of hydrogen-bond acceptors (Lipinski definition) is 9. The normalized spacial score (nSPS) is 16.0. The van der Waals surface area contributed by atoms with E-state index >= 15 is 0 Å². The van der Waals surface area contributed by atoms with Crippen LogP contribution in [-0.4, -0.2) is 74.0 Å². The van der Waals surface area contributed by atoms with Crippen molar-refractivity contribution in [1.82, 2.24) is 24.8 Å². The van der Waals surface area contributed by atoms with E-state index < -0.39 is 10.0 Å². The van der Waals surface area contributed by atoms with Crippen molar-refractivity contribution < 1.29 is 13.2 Å². The van der Waals surface area contributed by atoms with Crippen molar-refractivity contribution in [3.05, 3.63) is 60.6 Å². The highest BCUT2D eigenvalue weighted by Gasteiger charge is 2.20. The van der Waals surface area contributed by atoms with Crippen molar-refractivity contribution in [3.63, 3.8) is 0 Å². The van der Waals surface area contributed by atoms with E-state index in [-0.39, 0.29) is 0 Å². The number of methoxy groups -OCH3 is 1. The van der Waals surface area contributed by atoms with Crippen molar-refractivity contribution in [3.8, 4) is 5.75 Å². The maximum absolute atomic E-state index is 12.1. The van der Waals surface area contributed by atoms with Crippen LogP contribution in [0, 0.1) is 0 Å². The van der Waals surface area contributed by atoms with E-state index in [1.54, 1.807) is 25.6 Å². The van der Waals surface area contributed by atoms with Crippen molar-refractivity contribution in [1.29, 1.82) is 0 Å². The molecule has 0 unspecified atom stereocenters. The molecule has 0 bridgehead atoms. The van der Waals surface area contributed by atoms with Gasteiger partial charge in [0.25, 0.3) is 0 Å². The third kappa shape index (κ3) is 5.36. The molecule has 2 N–H and O–H groups in total. The molecular weight excluding hydrogens is 504 g/mol. The first kappa shape index (κ1) is 25.7. The van der Waals surface area contributed by atoms with Crippen LogP contribution in [0.4, 0.5) is 23.1 Å². The van der Waals surface area contributed by atoms with Crippen LogP contribution in [0.25, 0.3) is 11.0 Å². The van der Waals surface area contributed by atoms with Crippen molar-refractivity contribution in [2.24, 2.45) is 0 Å². The molecule has 38 heavy (non-hydrogen) atoms. The zero-order valence-electron chi connectivity index (χ0n) is 21.9. The summed E-state index contributed by atoms with van der Waals surface area (Å²) in [6.45, 7) is 5.34. The molecule has 4 aromatic rings. The summed E-state index contributed by atoms with van der Waals surface area (Å²) in [6, 6.07) is 12.0. The van der Waals surface area contributed by atoms with Crippen molar-refractivity contribution in [2.45, 2.75) is 19.5 Å². The number of piperazine rings is 1. The molecule has 0 spiro atoms. The average Bonchev–Trinajstić information content (AvgIpc) is 3.30. The second-order valence-electron chi connectivity index (χ2n) is 9.45. The molecule has 1 saturated heterocycles. The molecule has 12 heteroatoms. The van der Waals surface area contributed by atoms with Gasteiger partial charge in [-0.1, -0.05) is 6.07 Å². The Bertz CT molecular complexity index is 1560. The van der Waals surface area contributed by atoms with Gasteiger partial charge in [0.15, 0.2) is 0 Å². The fourth-order valence-corrected chi connectivity index (χ4v) is 5.11. The molecule has 3 aromatic heterocycles. The highest BCUT2D eigenvalue weighted by Crippen LogP contribution is 2.33. The van der Waals surface area contributed by atoms with E-state index in [4.69, 9.17) is 9.72 Å². The number of rotatable bonds is 8. The quantitative estimate of drug-likeness (QED) is 0.350. The minimum atomic E-state index is -3.45. The number of fused-ring (bicyclic) bond motifs is 1. The Hall–Kier alpha value is -3.90. The van der Waals surface area contributed by atoms with Gasteiger partial charge in [0.2, 0.25) is 16.0 Å². The van der Waals surface area contributed by atoms with Crippen LogP contribution >= 0.6 is 0 Å². The summed E-state index contributed by atoms with van der Waals surface area (Å²) >= 11 is 0. The Balaban J connectivity index is 1.40. The second-order valence-corrected chi connectivity index (χ2v) is 11.5. The summed E-state index contributed by atoms with van der Waals surface area (Å²) in [7, 11) is -0.271. The highest BCUT2D eigenvalue weighted by atomic mass is 32.2. The maximum Gasteiger partial charge on any atom is 0.233 e. The zero-order valence-corrected chi connectivity index (χ0v) is 22.7. The fourth-order valence-electron chi connectivity index (χ4n) is 4.63. The number of nitrogens with zero attached hydrogens (tertiary/aromatic N) is 6. The minimum absolute atomic E-state index is 0.385. The molecule has 1 fully saturated rings. The van der Waals surface area contributed by atoms with Crippen LogP contribution in [0.3, 0.4) is 0 Å².